The van der Waals surface area contributed by atoms with E-state index in [1.54, 1.807) is 0 Å². The Morgan fingerprint density at radius 3 is 2.17 bits per heavy atom. The van der Waals surface area contributed by atoms with Gasteiger partial charge in [-0.05, 0) is 47.3 Å². The van der Waals surface area contributed by atoms with Crippen molar-refractivity contribution >= 4 is 29.7 Å². The van der Waals surface area contributed by atoms with Crippen molar-refractivity contribution in [2.45, 2.75) is 62.9 Å². The van der Waals surface area contributed by atoms with E-state index in [1.807, 2.05) is 36.4 Å². The van der Waals surface area contributed by atoms with E-state index in [2.05, 4.69) is 22.8 Å². The van der Waals surface area contributed by atoms with Gasteiger partial charge in [-0.25, -0.2) is 9.59 Å². The maximum atomic E-state index is 12.5. The minimum absolute atomic E-state index is 0.0109. The van der Waals surface area contributed by atoms with E-state index in [-0.39, 0.29) is 36.6 Å². The van der Waals surface area contributed by atoms with Crippen molar-refractivity contribution in [1.82, 2.24) is 10.6 Å². The average Bonchev–Trinajstić information content (AvgIpc) is 2.99. The maximum absolute atomic E-state index is 12.5. The zero-order chi connectivity index (χ0) is 25.3. The third-order valence-corrected chi connectivity index (χ3v) is 7.93. The quantitative estimate of drug-likeness (QED) is 0.309. The van der Waals surface area contributed by atoms with E-state index in [4.69, 9.17) is 4.74 Å². The number of hydrogen-bond donors (Lipinski definition) is 3. The molecule has 0 heterocycles. The van der Waals surface area contributed by atoms with E-state index in [1.165, 1.54) is 24.6 Å². The van der Waals surface area contributed by atoms with E-state index in [9.17, 15) is 19.5 Å². The van der Waals surface area contributed by atoms with Gasteiger partial charge in [0.2, 0.25) is 5.91 Å². The Morgan fingerprint density at radius 1 is 0.944 bits per heavy atom. The number of aliphatic carboxylic acids is 1. The highest BCUT2D eigenvalue weighted by atomic mass is 32.2. The van der Waals surface area contributed by atoms with Crippen LogP contribution in [0.1, 0.15) is 62.0 Å². The molecule has 4 rings (SSSR count). The van der Waals surface area contributed by atoms with Crippen LogP contribution in [0.15, 0.2) is 48.5 Å². The molecule has 36 heavy (non-hydrogen) atoms. The molecule has 1 unspecified atom stereocenters. The fourth-order valence-electron chi connectivity index (χ4n) is 5.10. The second kappa shape index (κ2) is 12.8. The number of carbonyl (C=O) groups excluding carboxylic acids is 2. The Kier molecular flexibility index (Phi) is 9.28. The van der Waals surface area contributed by atoms with E-state index >= 15 is 0 Å². The maximum Gasteiger partial charge on any atom is 0.407 e. The summed E-state index contributed by atoms with van der Waals surface area (Å²) in [5.74, 6) is -0.490. The smallest absolute Gasteiger partial charge is 0.407 e. The van der Waals surface area contributed by atoms with Crippen LogP contribution in [0.25, 0.3) is 11.1 Å². The molecule has 8 heteroatoms. The van der Waals surface area contributed by atoms with Gasteiger partial charge in [0.05, 0.1) is 5.75 Å². The van der Waals surface area contributed by atoms with Gasteiger partial charge in [0.25, 0.3) is 0 Å². The Bertz CT molecular complexity index is 1020. The Labute approximate surface area is 216 Å². The molecule has 2 aliphatic carbocycles. The summed E-state index contributed by atoms with van der Waals surface area (Å²) in [6, 6.07) is 15.3. The lowest BCUT2D eigenvalue weighted by atomic mass is 9.98. The molecule has 0 aromatic heterocycles. The van der Waals surface area contributed by atoms with E-state index in [0.717, 1.165) is 47.9 Å². The number of hydrogen-bond acceptors (Lipinski definition) is 5. The van der Waals surface area contributed by atoms with Crippen molar-refractivity contribution in [3.05, 3.63) is 59.7 Å². The van der Waals surface area contributed by atoms with Crippen LogP contribution in [0.5, 0.6) is 0 Å². The summed E-state index contributed by atoms with van der Waals surface area (Å²) in [5.41, 5.74) is 4.45. The number of fused-ring (bicyclic) bond motifs is 3. The molecule has 0 aliphatic heterocycles. The van der Waals surface area contributed by atoms with Crippen LogP contribution in [0.4, 0.5) is 4.79 Å². The van der Waals surface area contributed by atoms with Crippen molar-refractivity contribution in [1.29, 1.82) is 0 Å². The predicted octanol–water partition coefficient (Wildman–Crippen LogP) is 4.94. The summed E-state index contributed by atoms with van der Waals surface area (Å²) in [6.07, 6.45) is 6.28. The second-order valence-corrected chi connectivity index (χ2v) is 10.6. The highest BCUT2D eigenvalue weighted by molar-refractivity contribution is 7.99. The molecule has 1 fully saturated rings. The lowest BCUT2D eigenvalue weighted by Crippen LogP contribution is -2.42. The minimum Gasteiger partial charge on any atom is -0.480 e. The summed E-state index contributed by atoms with van der Waals surface area (Å²) >= 11 is 1.38. The van der Waals surface area contributed by atoms with E-state index < -0.39 is 18.1 Å². The lowest BCUT2D eigenvalue weighted by Gasteiger charge is -2.18. The number of carbonyl (C=O) groups is 3. The number of nitrogens with one attached hydrogen (secondary N) is 2. The van der Waals surface area contributed by atoms with Crippen LogP contribution in [0.3, 0.4) is 0 Å². The number of rotatable bonds is 10. The minimum atomic E-state index is -1.12. The number of carboxylic acid groups (broad SMARTS) is 1. The highest BCUT2D eigenvalue weighted by Crippen LogP contribution is 2.44. The number of ether oxygens (including phenoxy) is 1. The molecule has 2 aromatic carbocycles. The molecule has 1 atom stereocenters. The Morgan fingerprint density at radius 2 is 1.56 bits per heavy atom. The van der Waals surface area contributed by atoms with Gasteiger partial charge in [-0.3, -0.25) is 4.79 Å². The number of thioether (sulfide) groups is 1. The van der Waals surface area contributed by atoms with Crippen molar-refractivity contribution in [3.8, 4) is 11.1 Å². The van der Waals surface area contributed by atoms with Gasteiger partial charge < -0.3 is 20.5 Å². The lowest BCUT2D eigenvalue weighted by molar-refractivity contribution is -0.139. The first kappa shape index (κ1) is 26.1. The van der Waals surface area contributed by atoms with Crippen LogP contribution >= 0.6 is 11.8 Å². The molecule has 1 saturated carbocycles. The Balaban J connectivity index is 1.21. The van der Waals surface area contributed by atoms with Crippen LogP contribution < -0.4 is 10.6 Å². The molecule has 0 bridgehead atoms. The van der Waals surface area contributed by atoms with Crippen molar-refractivity contribution in [2.75, 3.05) is 18.1 Å². The molecule has 0 spiro atoms. The first-order valence-corrected chi connectivity index (χ1v) is 13.9. The average molecular weight is 511 g/mol. The zero-order valence-corrected chi connectivity index (χ0v) is 21.2. The van der Waals surface area contributed by atoms with Gasteiger partial charge in [0.1, 0.15) is 12.6 Å². The molecule has 2 aliphatic rings. The molecule has 2 aromatic rings. The SMILES string of the molecule is O=C(CSCCC(NC(=O)OCC1c2ccccc2-c2ccccc21)C(=O)O)NC1CCCCCC1. The largest absolute Gasteiger partial charge is 0.480 e. The zero-order valence-electron chi connectivity index (χ0n) is 20.4. The first-order chi connectivity index (χ1) is 17.5. The summed E-state index contributed by atoms with van der Waals surface area (Å²) in [5, 5.41) is 15.1. The first-order valence-electron chi connectivity index (χ1n) is 12.7. The van der Waals surface area contributed by atoms with Gasteiger partial charge >= 0.3 is 12.1 Å². The number of alkyl carbamates (subject to hydrolysis) is 1. The fraction of sp³-hybridized carbons (Fsp3) is 0.464. The summed E-state index contributed by atoms with van der Waals surface area (Å²) in [6.45, 7) is 0.127. The van der Waals surface area contributed by atoms with Crippen LogP contribution in [0, 0.1) is 0 Å². The topological polar surface area (TPSA) is 105 Å². The highest BCUT2D eigenvalue weighted by Gasteiger charge is 2.29. The monoisotopic (exact) mass is 510 g/mol. The molecule has 0 saturated heterocycles. The third kappa shape index (κ3) is 6.81. The summed E-state index contributed by atoms with van der Waals surface area (Å²) < 4.78 is 5.48. The van der Waals surface area contributed by atoms with Crippen LogP contribution in [-0.4, -0.2) is 53.3 Å². The van der Waals surface area contributed by atoms with Gasteiger partial charge in [-0.15, -0.1) is 0 Å². The Hall–Kier alpha value is -3.00. The standard InChI is InChI=1S/C28H34N2O5S/c31-26(29-19-9-3-1-2-4-10-19)18-36-16-15-25(27(32)33)30-28(34)35-17-24-22-13-7-5-11-20(22)21-12-6-8-14-23(21)24/h5-8,11-14,19,24-25H,1-4,9-10,15-18H2,(H,29,31)(H,30,34)(H,32,33). The summed E-state index contributed by atoms with van der Waals surface area (Å²) in [7, 11) is 0. The molecule has 192 valence electrons. The van der Waals surface area contributed by atoms with Gasteiger partial charge in [0, 0.05) is 12.0 Å². The fourth-order valence-corrected chi connectivity index (χ4v) is 5.91. The van der Waals surface area contributed by atoms with Crippen molar-refractivity contribution in [3.63, 3.8) is 0 Å². The van der Waals surface area contributed by atoms with Crippen molar-refractivity contribution in [2.24, 2.45) is 0 Å². The van der Waals surface area contributed by atoms with Gasteiger partial charge in [-0.2, -0.15) is 11.8 Å². The van der Waals surface area contributed by atoms with E-state index in [0.29, 0.717) is 5.75 Å². The second-order valence-electron chi connectivity index (χ2n) is 9.46. The molecule has 0 radical (unpaired) electrons. The van der Waals surface area contributed by atoms with Crippen LogP contribution in [0.2, 0.25) is 0 Å². The summed E-state index contributed by atoms with van der Waals surface area (Å²) in [4.78, 5) is 36.4. The molecule has 3 N–H and O–H groups in total. The van der Waals surface area contributed by atoms with Gasteiger partial charge in [0.15, 0.2) is 0 Å². The normalized spacial score (nSPS) is 16.3. The molecular weight excluding hydrogens is 476 g/mol. The molecule has 2 amide bonds. The van der Waals surface area contributed by atoms with Crippen LogP contribution in [-0.2, 0) is 14.3 Å². The third-order valence-electron chi connectivity index (χ3n) is 6.94. The number of benzene rings is 2. The van der Waals surface area contributed by atoms with Crippen molar-refractivity contribution < 1.29 is 24.2 Å². The molecular formula is C28H34N2O5S. The molecule has 7 nitrogen and oxygen atoms in total. The number of carboxylic acids is 1. The predicted molar refractivity (Wildman–Crippen MR) is 141 cm³/mol. The number of amides is 2. The van der Waals surface area contributed by atoms with Gasteiger partial charge in [-0.1, -0.05) is 74.2 Å².